The number of rotatable bonds is 16. The summed E-state index contributed by atoms with van der Waals surface area (Å²) in [6, 6.07) is 0. The molecular formula is C20H40CdO4. The molecule has 0 aromatic rings. The summed E-state index contributed by atoms with van der Waals surface area (Å²) >= 11 is 0. The minimum Gasteiger partial charge on any atom is -0.481 e. The predicted molar refractivity (Wildman–Crippen MR) is 100 cm³/mol. The van der Waals surface area contributed by atoms with Gasteiger partial charge >= 0.3 is 11.9 Å². The van der Waals surface area contributed by atoms with Crippen LogP contribution in [0.25, 0.3) is 0 Å². The van der Waals surface area contributed by atoms with E-state index in [0.717, 1.165) is 25.7 Å². The van der Waals surface area contributed by atoms with Crippen LogP contribution >= 0.6 is 0 Å². The Balaban J connectivity index is -0.000000372. The van der Waals surface area contributed by atoms with E-state index in [4.69, 9.17) is 10.2 Å². The number of aliphatic carboxylic acids is 2. The molecule has 0 radical (unpaired) electrons. The largest absolute Gasteiger partial charge is 0.481 e. The Bertz CT molecular complexity index is 255. The van der Waals surface area contributed by atoms with Crippen molar-refractivity contribution in [2.75, 3.05) is 0 Å². The summed E-state index contributed by atoms with van der Waals surface area (Å²) in [6.45, 7) is 4.40. The van der Waals surface area contributed by atoms with Gasteiger partial charge in [0.15, 0.2) is 0 Å². The summed E-state index contributed by atoms with van der Waals surface area (Å²) in [6.07, 6.45) is 17.3. The minimum absolute atomic E-state index is 0. The van der Waals surface area contributed by atoms with E-state index in [-0.39, 0.29) is 27.3 Å². The number of hydrogen-bond donors (Lipinski definition) is 2. The van der Waals surface area contributed by atoms with E-state index in [9.17, 15) is 9.59 Å². The van der Waals surface area contributed by atoms with Crippen molar-refractivity contribution >= 4 is 11.9 Å². The molecule has 2 N–H and O–H groups in total. The number of carboxylic acids is 2. The summed E-state index contributed by atoms with van der Waals surface area (Å²) in [5.74, 6) is -1.33. The Morgan fingerprint density at radius 1 is 0.520 bits per heavy atom. The van der Waals surface area contributed by atoms with E-state index in [1.54, 1.807) is 0 Å². The molecule has 25 heavy (non-hydrogen) atoms. The van der Waals surface area contributed by atoms with Crippen LogP contribution in [-0.2, 0) is 36.9 Å². The standard InChI is InChI=1S/2C10H20O2.Cd/c2*1-2-3-4-5-6-7-8-9-10(11)12;/h2*2-9H2,1H3,(H,11,12);. The predicted octanol–water partition coefficient (Wildman–Crippen LogP) is 6.42. The fraction of sp³-hybridized carbons (Fsp3) is 0.900. The molecule has 0 aliphatic carbocycles. The van der Waals surface area contributed by atoms with E-state index < -0.39 is 11.9 Å². The van der Waals surface area contributed by atoms with Crippen LogP contribution < -0.4 is 0 Å². The first kappa shape index (κ1) is 29.6. The van der Waals surface area contributed by atoms with Crippen molar-refractivity contribution in [1.82, 2.24) is 0 Å². The van der Waals surface area contributed by atoms with Gasteiger partial charge < -0.3 is 10.2 Å². The van der Waals surface area contributed by atoms with Crippen LogP contribution in [0.2, 0.25) is 0 Å². The molecule has 0 amide bonds. The molecule has 0 aliphatic rings. The maximum atomic E-state index is 10.1. The van der Waals surface area contributed by atoms with Crippen LogP contribution in [0.4, 0.5) is 0 Å². The average molecular weight is 457 g/mol. The first-order valence-corrected chi connectivity index (χ1v) is 9.98. The van der Waals surface area contributed by atoms with Gasteiger partial charge in [-0.2, -0.15) is 0 Å². The van der Waals surface area contributed by atoms with Gasteiger partial charge in [0.1, 0.15) is 0 Å². The van der Waals surface area contributed by atoms with Crippen molar-refractivity contribution in [1.29, 1.82) is 0 Å². The van der Waals surface area contributed by atoms with E-state index in [1.807, 2.05) is 0 Å². The van der Waals surface area contributed by atoms with Gasteiger partial charge in [-0.25, -0.2) is 0 Å². The number of unbranched alkanes of at least 4 members (excludes halogenated alkanes) is 12. The number of hydrogen-bond acceptors (Lipinski definition) is 2. The molecule has 0 saturated heterocycles. The van der Waals surface area contributed by atoms with Gasteiger partial charge in [0.25, 0.3) is 0 Å². The molecule has 146 valence electrons. The molecule has 5 heteroatoms. The number of carboxylic acid groups (broad SMARTS) is 2. The molecule has 0 atom stereocenters. The maximum Gasteiger partial charge on any atom is 0.303 e. The topological polar surface area (TPSA) is 74.6 Å². The molecule has 0 unspecified atom stereocenters. The molecular weight excluding hydrogens is 417 g/mol. The zero-order valence-corrected chi connectivity index (χ0v) is 20.8. The zero-order valence-electron chi connectivity index (χ0n) is 16.7. The number of carbonyl (C=O) groups is 2. The molecule has 0 aromatic heterocycles. The molecule has 0 spiro atoms. The Kier molecular flexibility index (Phi) is 30.9. The molecule has 0 aliphatic heterocycles. The quantitative estimate of drug-likeness (QED) is 0.207. The normalized spacial score (nSPS) is 9.68. The van der Waals surface area contributed by atoms with Gasteiger partial charge in [0.05, 0.1) is 0 Å². The summed E-state index contributed by atoms with van der Waals surface area (Å²) in [5.41, 5.74) is 0. The van der Waals surface area contributed by atoms with E-state index >= 15 is 0 Å². The summed E-state index contributed by atoms with van der Waals surface area (Å²) in [7, 11) is 0. The van der Waals surface area contributed by atoms with Gasteiger partial charge in [0.2, 0.25) is 0 Å². The first-order chi connectivity index (χ1) is 11.5. The second kappa shape index (κ2) is 26.1. The molecule has 0 aromatic carbocycles. The van der Waals surface area contributed by atoms with Crippen LogP contribution in [-0.4, -0.2) is 22.2 Å². The SMILES string of the molecule is CCCCCCCCCC(=O)O.CCCCCCCCCC(=O)O.[Cd]. The van der Waals surface area contributed by atoms with E-state index in [1.165, 1.54) is 64.2 Å². The van der Waals surface area contributed by atoms with Crippen molar-refractivity contribution in [3.8, 4) is 0 Å². The van der Waals surface area contributed by atoms with E-state index in [0.29, 0.717) is 12.8 Å². The van der Waals surface area contributed by atoms with Crippen molar-refractivity contribution in [3.63, 3.8) is 0 Å². The molecule has 0 saturated carbocycles. The Morgan fingerprint density at radius 3 is 1.00 bits per heavy atom. The zero-order chi connectivity index (χ0) is 18.5. The second-order valence-electron chi connectivity index (χ2n) is 6.53. The molecule has 0 rings (SSSR count). The Hall–Kier alpha value is -0.138. The third-order valence-electron chi connectivity index (χ3n) is 3.99. The first-order valence-electron chi connectivity index (χ1n) is 9.98. The average Bonchev–Trinajstić information content (AvgIpc) is 2.53. The molecule has 0 bridgehead atoms. The van der Waals surface area contributed by atoms with Crippen molar-refractivity contribution < 1.29 is 47.1 Å². The summed E-state index contributed by atoms with van der Waals surface area (Å²) in [5, 5.41) is 16.7. The molecule has 4 nitrogen and oxygen atoms in total. The van der Waals surface area contributed by atoms with Crippen LogP contribution in [0.3, 0.4) is 0 Å². The monoisotopic (exact) mass is 458 g/mol. The Morgan fingerprint density at radius 2 is 0.760 bits per heavy atom. The van der Waals surface area contributed by atoms with Gasteiger partial charge in [0, 0.05) is 40.1 Å². The van der Waals surface area contributed by atoms with Crippen LogP contribution in [0.15, 0.2) is 0 Å². The van der Waals surface area contributed by atoms with Crippen molar-refractivity contribution in [3.05, 3.63) is 0 Å². The van der Waals surface area contributed by atoms with E-state index in [2.05, 4.69) is 13.8 Å². The third-order valence-corrected chi connectivity index (χ3v) is 3.99. The van der Waals surface area contributed by atoms with Crippen molar-refractivity contribution in [2.24, 2.45) is 0 Å². The van der Waals surface area contributed by atoms with Crippen LogP contribution in [0.1, 0.15) is 117 Å². The fourth-order valence-electron chi connectivity index (χ4n) is 2.47. The van der Waals surface area contributed by atoms with Gasteiger partial charge in [-0.05, 0) is 12.8 Å². The maximum absolute atomic E-state index is 10.1. The van der Waals surface area contributed by atoms with Gasteiger partial charge in [-0.3, -0.25) is 9.59 Å². The van der Waals surface area contributed by atoms with Crippen molar-refractivity contribution in [2.45, 2.75) is 117 Å². The minimum atomic E-state index is -0.663. The molecule has 0 fully saturated rings. The van der Waals surface area contributed by atoms with Crippen LogP contribution in [0.5, 0.6) is 0 Å². The second-order valence-corrected chi connectivity index (χ2v) is 6.53. The fourth-order valence-corrected chi connectivity index (χ4v) is 2.47. The smallest absolute Gasteiger partial charge is 0.303 e. The Labute approximate surface area is 175 Å². The summed E-state index contributed by atoms with van der Waals surface area (Å²) < 4.78 is 0. The van der Waals surface area contributed by atoms with Crippen LogP contribution in [0, 0.1) is 0 Å². The van der Waals surface area contributed by atoms with Gasteiger partial charge in [-0.1, -0.05) is 90.9 Å². The molecule has 0 heterocycles. The summed E-state index contributed by atoms with van der Waals surface area (Å²) in [4.78, 5) is 20.3. The third kappa shape index (κ3) is 35.7. The van der Waals surface area contributed by atoms with Gasteiger partial charge in [-0.15, -0.1) is 0 Å².